The van der Waals surface area contributed by atoms with Crippen molar-refractivity contribution in [2.45, 2.75) is 50.7 Å². The molecule has 1 aliphatic heterocycles. The Hall–Kier alpha value is -0.120. The van der Waals surface area contributed by atoms with Gasteiger partial charge in [-0.2, -0.15) is 0 Å². The fourth-order valence-electron chi connectivity index (χ4n) is 3.20. The zero-order valence-electron chi connectivity index (χ0n) is 10.5. The summed E-state index contributed by atoms with van der Waals surface area (Å²) in [5.41, 5.74) is 5.73. The molecule has 3 nitrogen and oxygen atoms in total. The summed E-state index contributed by atoms with van der Waals surface area (Å²) < 4.78 is 5.43. The van der Waals surface area contributed by atoms with E-state index in [1.807, 2.05) is 7.11 Å². The first-order valence-corrected chi connectivity index (χ1v) is 6.80. The van der Waals surface area contributed by atoms with Crippen LogP contribution in [-0.4, -0.2) is 43.8 Å². The lowest BCUT2D eigenvalue weighted by atomic mass is 9.89. The molecule has 16 heavy (non-hydrogen) atoms. The van der Waals surface area contributed by atoms with Gasteiger partial charge < -0.3 is 15.4 Å². The predicted octanol–water partition coefficient (Wildman–Crippen LogP) is 1.61. The second-order valence-electron chi connectivity index (χ2n) is 5.38. The monoisotopic (exact) mass is 226 g/mol. The largest absolute Gasteiger partial charge is 0.381 e. The van der Waals surface area contributed by atoms with Crippen molar-refractivity contribution in [3.63, 3.8) is 0 Å². The topological polar surface area (TPSA) is 38.5 Å². The Balaban J connectivity index is 1.73. The molecule has 2 N–H and O–H groups in total. The van der Waals surface area contributed by atoms with Crippen LogP contribution in [0, 0.1) is 5.92 Å². The summed E-state index contributed by atoms with van der Waals surface area (Å²) in [7, 11) is 1.84. The maximum Gasteiger partial charge on any atom is 0.0572 e. The molecule has 0 unspecified atom stereocenters. The van der Waals surface area contributed by atoms with E-state index in [4.69, 9.17) is 10.5 Å². The van der Waals surface area contributed by atoms with Crippen LogP contribution < -0.4 is 5.73 Å². The van der Waals surface area contributed by atoms with Crippen LogP contribution in [0.3, 0.4) is 0 Å². The molecule has 0 amide bonds. The number of rotatable bonds is 3. The van der Waals surface area contributed by atoms with Gasteiger partial charge in [-0.3, -0.25) is 0 Å². The molecular formula is C13H26N2O. The van der Waals surface area contributed by atoms with E-state index in [1.54, 1.807) is 0 Å². The van der Waals surface area contributed by atoms with E-state index < -0.39 is 0 Å². The highest BCUT2D eigenvalue weighted by molar-refractivity contribution is 4.83. The average molecular weight is 226 g/mol. The van der Waals surface area contributed by atoms with Gasteiger partial charge in [0.05, 0.1) is 6.10 Å². The third-order valence-electron chi connectivity index (χ3n) is 4.48. The number of piperidine rings is 1. The summed E-state index contributed by atoms with van der Waals surface area (Å²) in [6.45, 7) is 3.42. The van der Waals surface area contributed by atoms with Crippen LogP contribution in [0.4, 0.5) is 0 Å². The first-order valence-electron chi connectivity index (χ1n) is 6.80. The van der Waals surface area contributed by atoms with Gasteiger partial charge in [-0.25, -0.2) is 0 Å². The van der Waals surface area contributed by atoms with Crippen molar-refractivity contribution in [1.29, 1.82) is 0 Å². The molecule has 0 radical (unpaired) electrons. The zero-order chi connectivity index (χ0) is 11.4. The van der Waals surface area contributed by atoms with Gasteiger partial charge in [-0.05, 0) is 64.1 Å². The predicted molar refractivity (Wildman–Crippen MR) is 66.4 cm³/mol. The van der Waals surface area contributed by atoms with Crippen molar-refractivity contribution in [3.05, 3.63) is 0 Å². The van der Waals surface area contributed by atoms with Crippen molar-refractivity contribution in [2.24, 2.45) is 11.7 Å². The molecule has 1 aliphatic carbocycles. The second-order valence-corrected chi connectivity index (χ2v) is 5.38. The third kappa shape index (κ3) is 2.96. The minimum Gasteiger partial charge on any atom is -0.381 e. The van der Waals surface area contributed by atoms with Crippen molar-refractivity contribution < 1.29 is 4.74 Å². The van der Waals surface area contributed by atoms with Gasteiger partial charge in [0.25, 0.3) is 0 Å². The fourth-order valence-corrected chi connectivity index (χ4v) is 3.20. The van der Waals surface area contributed by atoms with E-state index in [0.29, 0.717) is 6.10 Å². The molecule has 0 atom stereocenters. The standard InChI is InChI=1S/C13H26N2O/c1-16-13-4-2-12(3-5-13)15-8-6-11(10-14)7-9-15/h11-13H,2-10,14H2,1H3. The quantitative estimate of drug-likeness (QED) is 0.794. The maximum atomic E-state index is 5.73. The first-order chi connectivity index (χ1) is 7.83. The van der Waals surface area contributed by atoms with Crippen LogP contribution in [0.1, 0.15) is 38.5 Å². The Bertz CT molecular complexity index is 172. The number of ether oxygens (including phenoxy) is 1. The van der Waals surface area contributed by atoms with Crippen LogP contribution in [0.15, 0.2) is 0 Å². The van der Waals surface area contributed by atoms with E-state index >= 15 is 0 Å². The summed E-state index contributed by atoms with van der Waals surface area (Å²) in [5.74, 6) is 0.784. The summed E-state index contributed by atoms with van der Waals surface area (Å²) >= 11 is 0. The van der Waals surface area contributed by atoms with Crippen LogP contribution >= 0.6 is 0 Å². The normalized spacial score (nSPS) is 34.1. The number of hydrogen-bond acceptors (Lipinski definition) is 3. The second kappa shape index (κ2) is 5.99. The SMILES string of the molecule is COC1CCC(N2CCC(CN)CC2)CC1. The smallest absolute Gasteiger partial charge is 0.0572 e. The molecule has 1 heterocycles. The van der Waals surface area contributed by atoms with Crippen LogP contribution in [-0.2, 0) is 4.74 Å². The number of hydrogen-bond donors (Lipinski definition) is 1. The highest BCUT2D eigenvalue weighted by atomic mass is 16.5. The van der Waals surface area contributed by atoms with Gasteiger partial charge in [-0.15, -0.1) is 0 Å². The molecule has 2 fully saturated rings. The van der Waals surface area contributed by atoms with E-state index in [-0.39, 0.29) is 0 Å². The van der Waals surface area contributed by atoms with Crippen molar-refractivity contribution in [2.75, 3.05) is 26.7 Å². The molecule has 3 heteroatoms. The first kappa shape index (κ1) is 12.3. The summed E-state index contributed by atoms with van der Waals surface area (Å²) in [6.07, 6.45) is 8.28. The highest BCUT2D eigenvalue weighted by Gasteiger charge is 2.28. The van der Waals surface area contributed by atoms with E-state index in [1.165, 1.54) is 51.6 Å². The Morgan fingerprint density at radius 3 is 2.19 bits per heavy atom. The number of methoxy groups -OCH3 is 1. The summed E-state index contributed by atoms with van der Waals surface area (Å²) in [6, 6.07) is 0.824. The van der Waals surface area contributed by atoms with Gasteiger partial charge in [0.15, 0.2) is 0 Å². The molecular weight excluding hydrogens is 200 g/mol. The molecule has 2 rings (SSSR count). The van der Waals surface area contributed by atoms with E-state index in [0.717, 1.165) is 18.5 Å². The molecule has 0 bridgehead atoms. The Kier molecular flexibility index (Phi) is 4.62. The molecule has 0 aromatic rings. The molecule has 0 spiro atoms. The number of likely N-dealkylation sites (tertiary alicyclic amines) is 1. The van der Waals surface area contributed by atoms with E-state index in [9.17, 15) is 0 Å². The number of nitrogens with two attached hydrogens (primary N) is 1. The van der Waals surface area contributed by atoms with Gasteiger partial charge >= 0.3 is 0 Å². The van der Waals surface area contributed by atoms with Crippen molar-refractivity contribution in [1.82, 2.24) is 4.90 Å². The van der Waals surface area contributed by atoms with Crippen molar-refractivity contribution in [3.8, 4) is 0 Å². The molecule has 0 aromatic carbocycles. The van der Waals surface area contributed by atoms with Gasteiger partial charge in [0, 0.05) is 13.2 Å². The maximum absolute atomic E-state index is 5.73. The van der Waals surface area contributed by atoms with Crippen LogP contribution in [0.25, 0.3) is 0 Å². The van der Waals surface area contributed by atoms with Gasteiger partial charge in [0.1, 0.15) is 0 Å². The van der Waals surface area contributed by atoms with Crippen molar-refractivity contribution >= 4 is 0 Å². The van der Waals surface area contributed by atoms with Crippen LogP contribution in [0.2, 0.25) is 0 Å². The average Bonchev–Trinajstić information content (AvgIpc) is 2.39. The molecule has 1 saturated heterocycles. The van der Waals surface area contributed by atoms with Gasteiger partial charge in [0.2, 0.25) is 0 Å². The minimum absolute atomic E-state index is 0.526. The molecule has 94 valence electrons. The third-order valence-corrected chi connectivity index (χ3v) is 4.48. The minimum atomic E-state index is 0.526. The lowest BCUT2D eigenvalue weighted by Gasteiger charge is -2.40. The molecule has 0 aromatic heterocycles. The lowest BCUT2D eigenvalue weighted by Crippen LogP contribution is -2.44. The molecule has 1 saturated carbocycles. The summed E-state index contributed by atoms with van der Waals surface area (Å²) in [5, 5.41) is 0. The zero-order valence-corrected chi connectivity index (χ0v) is 10.5. The van der Waals surface area contributed by atoms with Gasteiger partial charge in [-0.1, -0.05) is 0 Å². The lowest BCUT2D eigenvalue weighted by molar-refractivity contribution is 0.0294. The summed E-state index contributed by atoms with van der Waals surface area (Å²) in [4.78, 5) is 2.69. The molecule has 2 aliphatic rings. The fraction of sp³-hybridized carbons (Fsp3) is 1.00. The Morgan fingerprint density at radius 2 is 1.69 bits per heavy atom. The van der Waals surface area contributed by atoms with E-state index in [2.05, 4.69) is 4.90 Å². The van der Waals surface area contributed by atoms with Crippen LogP contribution in [0.5, 0.6) is 0 Å². The Labute approximate surface area is 99.3 Å². The highest BCUT2D eigenvalue weighted by Crippen LogP contribution is 2.27. The number of nitrogens with zero attached hydrogens (tertiary/aromatic N) is 1. The Morgan fingerprint density at radius 1 is 1.06 bits per heavy atom.